The molecule has 1 aliphatic heterocycles. The molecule has 0 bridgehead atoms. The SMILES string of the molecule is CN(C)C1CCCN(CC2(C=O)CCCCC2)C1. The minimum absolute atomic E-state index is 0.0214. The maximum atomic E-state index is 11.5. The van der Waals surface area contributed by atoms with Gasteiger partial charge in [0, 0.05) is 24.5 Å². The number of aldehydes is 1. The molecule has 0 N–H and O–H groups in total. The van der Waals surface area contributed by atoms with E-state index in [1.54, 1.807) is 0 Å². The minimum atomic E-state index is -0.0214. The molecular formula is C15H28N2O. The molecule has 18 heavy (non-hydrogen) atoms. The second kappa shape index (κ2) is 6.16. The van der Waals surface area contributed by atoms with Crippen molar-refractivity contribution in [2.75, 3.05) is 33.7 Å². The number of carbonyl (C=O) groups excluding carboxylic acids is 1. The molecule has 1 atom stereocenters. The Balaban J connectivity index is 1.92. The standard InChI is InChI=1S/C15H28N2O/c1-16(2)14-7-6-10-17(11-14)12-15(13-18)8-4-3-5-9-15/h13-14H,3-12H2,1-2H3. The zero-order chi connectivity index (χ0) is 13.0. The highest BCUT2D eigenvalue weighted by Gasteiger charge is 2.35. The fourth-order valence-electron chi connectivity index (χ4n) is 3.61. The van der Waals surface area contributed by atoms with Crippen LogP contribution < -0.4 is 0 Å². The third kappa shape index (κ3) is 3.33. The largest absolute Gasteiger partial charge is 0.305 e. The maximum absolute atomic E-state index is 11.5. The summed E-state index contributed by atoms with van der Waals surface area (Å²) < 4.78 is 0. The Morgan fingerprint density at radius 3 is 2.56 bits per heavy atom. The molecule has 1 heterocycles. The van der Waals surface area contributed by atoms with Gasteiger partial charge >= 0.3 is 0 Å². The van der Waals surface area contributed by atoms with Crippen molar-refractivity contribution < 1.29 is 4.79 Å². The molecule has 1 saturated carbocycles. The lowest BCUT2D eigenvalue weighted by Gasteiger charge is -2.42. The van der Waals surface area contributed by atoms with Gasteiger partial charge in [-0.15, -0.1) is 0 Å². The molecule has 2 rings (SSSR count). The molecule has 2 aliphatic rings. The molecule has 104 valence electrons. The Bertz CT molecular complexity index is 272. The summed E-state index contributed by atoms with van der Waals surface area (Å²) in [6.45, 7) is 3.32. The van der Waals surface area contributed by atoms with Gasteiger partial charge in [-0.2, -0.15) is 0 Å². The highest BCUT2D eigenvalue weighted by molar-refractivity contribution is 5.60. The van der Waals surface area contributed by atoms with Gasteiger partial charge < -0.3 is 14.6 Å². The van der Waals surface area contributed by atoms with Crippen LogP contribution in [0.15, 0.2) is 0 Å². The van der Waals surface area contributed by atoms with E-state index in [4.69, 9.17) is 0 Å². The van der Waals surface area contributed by atoms with Gasteiger partial charge in [0.25, 0.3) is 0 Å². The van der Waals surface area contributed by atoms with E-state index in [2.05, 4.69) is 23.9 Å². The molecule has 1 unspecified atom stereocenters. The van der Waals surface area contributed by atoms with Crippen LogP contribution in [0.2, 0.25) is 0 Å². The van der Waals surface area contributed by atoms with Crippen molar-refractivity contribution in [3.63, 3.8) is 0 Å². The Labute approximate surface area is 112 Å². The van der Waals surface area contributed by atoms with Gasteiger partial charge in [-0.1, -0.05) is 19.3 Å². The second-order valence-corrected chi connectivity index (χ2v) is 6.54. The van der Waals surface area contributed by atoms with Crippen molar-refractivity contribution in [1.29, 1.82) is 0 Å². The van der Waals surface area contributed by atoms with Crippen LogP contribution in [0.25, 0.3) is 0 Å². The zero-order valence-electron chi connectivity index (χ0n) is 12.0. The summed E-state index contributed by atoms with van der Waals surface area (Å²) in [4.78, 5) is 16.4. The van der Waals surface area contributed by atoms with Crippen LogP contribution in [0.3, 0.4) is 0 Å². The lowest BCUT2D eigenvalue weighted by atomic mass is 9.74. The quantitative estimate of drug-likeness (QED) is 0.716. The average molecular weight is 252 g/mol. The molecule has 0 aromatic carbocycles. The van der Waals surface area contributed by atoms with Gasteiger partial charge in [-0.25, -0.2) is 0 Å². The fourth-order valence-corrected chi connectivity index (χ4v) is 3.61. The van der Waals surface area contributed by atoms with E-state index in [1.165, 1.54) is 44.9 Å². The molecule has 3 nitrogen and oxygen atoms in total. The predicted octanol–water partition coefficient (Wildman–Crippen LogP) is 2.16. The number of piperidine rings is 1. The number of hydrogen-bond acceptors (Lipinski definition) is 3. The van der Waals surface area contributed by atoms with Crippen LogP contribution in [0, 0.1) is 5.41 Å². The lowest BCUT2D eigenvalue weighted by Crippen LogP contribution is -2.49. The van der Waals surface area contributed by atoms with Crippen LogP contribution in [0.1, 0.15) is 44.9 Å². The molecule has 0 spiro atoms. The van der Waals surface area contributed by atoms with Gasteiger partial charge in [0.2, 0.25) is 0 Å². The monoisotopic (exact) mass is 252 g/mol. The van der Waals surface area contributed by atoms with Crippen molar-refractivity contribution in [3.05, 3.63) is 0 Å². The maximum Gasteiger partial charge on any atom is 0.127 e. The van der Waals surface area contributed by atoms with E-state index in [1.807, 2.05) is 0 Å². The summed E-state index contributed by atoms with van der Waals surface area (Å²) in [5, 5.41) is 0. The van der Waals surface area contributed by atoms with E-state index in [-0.39, 0.29) is 5.41 Å². The summed E-state index contributed by atoms with van der Waals surface area (Å²) in [6, 6.07) is 0.672. The first kappa shape index (κ1) is 14.0. The Hall–Kier alpha value is -0.410. The number of nitrogens with zero attached hydrogens (tertiary/aromatic N) is 2. The van der Waals surface area contributed by atoms with Gasteiger partial charge in [-0.05, 0) is 46.3 Å². The van der Waals surface area contributed by atoms with E-state index >= 15 is 0 Å². The first-order valence-corrected chi connectivity index (χ1v) is 7.50. The summed E-state index contributed by atoms with van der Waals surface area (Å²) in [6.07, 6.45) is 9.86. The average Bonchev–Trinajstić information content (AvgIpc) is 2.40. The Morgan fingerprint density at radius 2 is 1.94 bits per heavy atom. The molecule has 1 saturated heterocycles. The van der Waals surface area contributed by atoms with Crippen molar-refractivity contribution in [1.82, 2.24) is 9.80 Å². The molecule has 2 fully saturated rings. The summed E-state index contributed by atoms with van der Waals surface area (Å²) in [5.74, 6) is 0. The topological polar surface area (TPSA) is 23.6 Å². The molecular weight excluding hydrogens is 224 g/mol. The Kier molecular flexibility index (Phi) is 4.79. The first-order valence-electron chi connectivity index (χ1n) is 7.50. The molecule has 0 aromatic rings. The van der Waals surface area contributed by atoms with Crippen molar-refractivity contribution in [3.8, 4) is 0 Å². The number of likely N-dealkylation sites (tertiary alicyclic amines) is 1. The molecule has 0 amide bonds. The van der Waals surface area contributed by atoms with E-state index in [0.29, 0.717) is 6.04 Å². The van der Waals surface area contributed by atoms with Crippen LogP contribution in [-0.2, 0) is 4.79 Å². The van der Waals surface area contributed by atoms with E-state index < -0.39 is 0 Å². The van der Waals surface area contributed by atoms with E-state index in [9.17, 15) is 4.79 Å². The highest BCUT2D eigenvalue weighted by Crippen LogP contribution is 2.35. The van der Waals surface area contributed by atoms with E-state index in [0.717, 1.165) is 25.9 Å². The van der Waals surface area contributed by atoms with Gasteiger partial charge in [0.05, 0.1) is 0 Å². The van der Waals surface area contributed by atoms with Crippen molar-refractivity contribution >= 4 is 6.29 Å². The zero-order valence-corrected chi connectivity index (χ0v) is 12.0. The second-order valence-electron chi connectivity index (χ2n) is 6.54. The summed E-state index contributed by atoms with van der Waals surface area (Å²) in [5.41, 5.74) is -0.0214. The van der Waals surface area contributed by atoms with Crippen molar-refractivity contribution in [2.24, 2.45) is 5.41 Å². The molecule has 0 aromatic heterocycles. The number of likely N-dealkylation sites (N-methyl/N-ethyl adjacent to an activating group) is 1. The molecule has 3 heteroatoms. The first-order chi connectivity index (χ1) is 8.65. The van der Waals surface area contributed by atoms with Crippen LogP contribution >= 0.6 is 0 Å². The minimum Gasteiger partial charge on any atom is -0.305 e. The fraction of sp³-hybridized carbons (Fsp3) is 0.933. The van der Waals surface area contributed by atoms with Gasteiger partial charge in [0.1, 0.15) is 6.29 Å². The lowest BCUT2D eigenvalue weighted by molar-refractivity contribution is -0.119. The Morgan fingerprint density at radius 1 is 1.22 bits per heavy atom. The smallest absolute Gasteiger partial charge is 0.127 e. The third-order valence-electron chi connectivity index (χ3n) is 4.85. The van der Waals surface area contributed by atoms with Gasteiger partial charge in [0.15, 0.2) is 0 Å². The normalized spacial score (nSPS) is 29.4. The highest BCUT2D eigenvalue weighted by atomic mass is 16.1. The summed E-state index contributed by atoms with van der Waals surface area (Å²) >= 11 is 0. The van der Waals surface area contributed by atoms with Gasteiger partial charge in [-0.3, -0.25) is 0 Å². The molecule has 0 radical (unpaired) electrons. The predicted molar refractivity (Wildman–Crippen MR) is 74.7 cm³/mol. The van der Waals surface area contributed by atoms with Crippen LogP contribution in [-0.4, -0.2) is 55.9 Å². The van der Waals surface area contributed by atoms with Crippen LogP contribution in [0.4, 0.5) is 0 Å². The van der Waals surface area contributed by atoms with Crippen LogP contribution in [0.5, 0.6) is 0 Å². The number of rotatable bonds is 4. The number of carbonyl (C=O) groups is 1. The molecule has 1 aliphatic carbocycles. The third-order valence-corrected chi connectivity index (χ3v) is 4.85. The number of hydrogen-bond donors (Lipinski definition) is 0. The summed E-state index contributed by atoms with van der Waals surface area (Å²) in [7, 11) is 4.34. The van der Waals surface area contributed by atoms with Crippen molar-refractivity contribution in [2.45, 2.75) is 51.0 Å².